The Morgan fingerprint density at radius 1 is 0.737 bits per heavy atom. The molecule has 5 rings (SSSR count). The van der Waals surface area contributed by atoms with E-state index >= 15 is 0 Å². The van der Waals surface area contributed by atoms with Crippen LogP contribution >= 0.6 is 0 Å². The highest BCUT2D eigenvalue weighted by atomic mass is 16.7. The summed E-state index contributed by atoms with van der Waals surface area (Å²) in [6, 6.07) is 25.2. The van der Waals surface area contributed by atoms with Gasteiger partial charge in [0.25, 0.3) is 0 Å². The van der Waals surface area contributed by atoms with E-state index in [1.807, 2.05) is 54.6 Å². The minimum absolute atomic E-state index is 0.0188. The largest absolute Gasteiger partial charge is 0.372 e. The molecule has 7 nitrogen and oxygen atoms in total. The second-order valence-electron chi connectivity index (χ2n) is 10.0. The van der Waals surface area contributed by atoms with E-state index < -0.39 is 18.0 Å². The van der Waals surface area contributed by atoms with Crippen molar-refractivity contribution in [2.24, 2.45) is 0 Å². The maximum absolute atomic E-state index is 13.1. The van der Waals surface area contributed by atoms with Crippen LogP contribution in [-0.4, -0.2) is 18.0 Å². The maximum atomic E-state index is 13.1. The van der Waals surface area contributed by atoms with Gasteiger partial charge in [0, 0.05) is 12.1 Å². The fourth-order valence-corrected chi connectivity index (χ4v) is 5.39. The molecule has 3 aromatic rings. The predicted octanol–water partition coefficient (Wildman–Crippen LogP) is 5.50. The highest BCUT2D eigenvalue weighted by Gasteiger charge is 2.26. The number of hydroxylamine groups is 2. The number of nitrogens with one attached hydrogen (secondary N) is 3. The molecule has 3 N–H and O–H groups in total. The molecule has 198 valence electrons. The van der Waals surface area contributed by atoms with Gasteiger partial charge in [0.15, 0.2) is 0 Å². The summed E-state index contributed by atoms with van der Waals surface area (Å²) in [5, 5.41) is 3.22. The first-order valence-corrected chi connectivity index (χ1v) is 13.6. The Morgan fingerprint density at radius 2 is 1.29 bits per heavy atom. The van der Waals surface area contributed by atoms with Gasteiger partial charge in [-0.05, 0) is 79.3 Å². The van der Waals surface area contributed by atoms with Gasteiger partial charge in [-0.2, -0.15) is 0 Å². The lowest BCUT2D eigenvalue weighted by atomic mass is 9.88. The van der Waals surface area contributed by atoms with E-state index in [9.17, 15) is 9.59 Å². The lowest BCUT2D eigenvalue weighted by Crippen LogP contribution is -2.37. The number of carbonyl (C=O) groups excluding carboxylic acids is 2. The van der Waals surface area contributed by atoms with E-state index in [1.165, 1.54) is 16.7 Å². The second kappa shape index (κ2) is 12.7. The van der Waals surface area contributed by atoms with Crippen LogP contribution in [-0.2, 0) is 32.1 Å². The van der Waals surface area contributed by atoms with E-state index in [-0.39, 0.29) is 24.9 Å². The van der Waals surface area contributed by atoms with Crippen LogP contribution in [0.15, 0.2) is 78.9 Å². The van der Waals surface area contributed by atoms with Gasteiger partial charge >= 0.3 is 11.9 Å². The van der Waals surface area contributed by atoms with Crippen molar-refractivity contribution in [3.63, 3.8) is 0 Å². The van der Waals surface area contributed by atoms with Gasteiger partial charge in [0.1, 0.15) is 6.04 Å². The van der Waals surface area contributed by atoms with Crippen LogP contribution < -0.4 is 16.3 Å². The fourth-order valence-electron chi connectivity index (χ4n) is 5.39. The first kappa shape index (κ1) is 25.9. The molecule has 0 radical (unpaired) electrons. The molecule has 0 bridgehead atoms. The third-order valence-electron chi connectivity index (χ3n) is 7.39. The summed E-state index contributed by atoms with van der Waals surface area (Å²) in [6.45, 7) is 0. The quantitative estimate of drug-likeness (QED) is 0.309. The normalized spacial score (nSPS) is 18.9. The van der Waals surface area contributed by atoms with Crippen molar-refractivity contribution in [2.45, 2.75) is 69.5 Å². The molecule has 0 fully saturated rings. The standard InChI is InChI=1S/C31H35N3O4/c35-30(37-33-27-18-8-12-22-10-4-6-16-25(22)27)21-20-29(32-24-14-2-1-3-15-24)31(36)38-34-28-19-9-13-23-11-5-7-17-26(23)28/h1-7,10-11,14-17,27-29,32-34H,8-9,12-13,18-21H2/t27?,28?,29-/m1/s1. The highest BCUT2D eigenvalue weighted by Crippen LogP contribution is 2.30. The van der Waals surface area contributed by atoms with Gasteiger partial charge in [0.2, 0.25) is 0 Å². The molecule has 38 heavy (non-hydrogen) atoms. The first-order valence-electron chi connectivity index (χ1n) is 13.6. The SMILES string of the molecule is O=C(CC[C@@H](Nc1ccccc1)C(=O)ONC1CCCc2ccccc21)ONC1CCCc2ccccc21. The zero-order valence-corrected chi connectivity index (χ0v) is 21.5. The minimum atomic E-state index is -0.716. The summed E-state index contributed by atoms with van der Waals surface area (Å²) in [6.07, 6.45) is 6.24. The van der Waals surface area contributed by atoms with E-state index in [0.717, 1.165) is 49.8 Å². The molecule has 0 amide bonds. The molecule has 2 unspecified atom stereocenters. The molecule has 0 saturated heterocycles. The number of para-hydroxylation sites is 1. The molecular weight excluding hydrogens is 478 g/mol. The van der Waals surface area contributed by atoms with Crippen LogP contribution in [0.25, 0.3) is 0 Å². The van der Waals surface area contributed by atoms with Crippen molar-refractivity contribution in [1.29, 1.82) is 0 Å². The molecule has 0 heterocycles. The second-order valence-corrected chi connectivity index (χ2v) is 10.0. The fraction of sp³-hybridized carbons (Fsp3) is 0.355. The molecule has 3 atom stereocenters. The summed E-state index contributed by atoms with van der Waals surface area (Å²) in [4.78, 5) is 36.8. The lowest BCUT2D eigenvalue weighted by Gasteiger charge is -2.27. The Balaban J connectivity index is 1.17. The topological polar surface area (TPSA) is 88.7 Å². The number of rotatable bonds is 10. The van der Waals surface area contributed by atoms with Crippen molar-refractivity contribution in [2.75, 3.05) is 5.32 Å². The number of fused-ring (bicyclic) bond motifs is 2. The van der Waals surface area contributed by atoms with Crippen molar-refractivity contribution < 1.29 is 19.3 Å². The van der Waals surface area contributed by atoms with Crippen LogP contribution in [0.1, 0.15) is 72.9 Å². The van der Waals surface area contributed by atoms with Crippen LogP contribution in [0.5, 0.6) is 0 Å². The van der Waals surface area contributed by atoms with E-state index in [1.54, 1.807) is 0 Å². The number of anilines is 1. The summed E-state index contributed by atoms with van der Waals surface area (Å²) in [5.41, 5.74) is 11.6. The van der Waals surface area contributed by atoms with E-state index in [2.05, 4.69) is 40.5 Å². The smallest absolute Gasteiger partial charge is 0.347 e. The number of carbonyl (C=O) groups is 2. The van der Waals surface area contributed by atoms with Gasteiger partial charge in [-0.3, -0.25) is 4.79 Å². The maximum Gasteiger partial charge on any atom is 0.347 e. The zero-order chi connectivity index (χ0) is 26.2. The number of aryl methyl sites for hydroxylation is 2. The average Bonchev–Trinajstić information content (AvgIpc) is 2.97. The summed E-state index contributed by atoms with van der Waals surface area (Å²) in [5.74, 6) is -0.867. The highest BCUT2D eigenvalue weighted by molar-refractivity contribution is 5.80. The van der Waals surface area contributed by atoms with E-state index in [4.69, 9.17) is 9.68 Å². The Bertz CT molecular complexity index is 1230. The Morgan fingerprint density at radius 3 is 1.92 bits per heavy atom. The Labute approximate surface area is 223 Å². The van der Waals surface area contributed by atoms with Crippen molar-refractivity contribution in [3.8, 4) is 0 Å². The van der Waals surface area contributed by atoms with Gasteiger partial charge in [0.05, 0.1) is 12.1 Å². The predicted molar refractivity (Wildman–Crippen MR) is 146 cm³/mol. The monoisotopic (exact) mass is 513 g/mol. The van der Waals surface area contributed by atoms with Crippen molar-refractivity contribution >= 4 is 17.6 Å². The van der Waals surface area contributed by atoms with Gasteiger partial charge in [-0.25, -0.2) is 4.79 Å². The van der Waals surface area contributed by atoms with Crippen LogP contribution in [0, 0.1) is 0 Å². The Kier molecular flexibility index (Phi) is 8.68. The molecule has 7 heteroatoms. The third-order valence-corrected chi connectivity index (χ3v) is 7.39. The summed E-state index contributed by atoms with van der Waals surface area (Å²) >= 11 is 0. The third kappa shape index (κ3) is 6.60. The van der Waals surface area contributed by atoms with Gasteiger partial charge < -0.3 is 15.0 Å². The van der Waals surface area contributed by atoms with Crippen molar-refractivity contribution in [1.82, 2.24) is 11.0 Å². The molecule has 0 aliphatic heterocycles. The first-order chi connectivity index (χ1) is 18.7. The molecule has 3 aromatic carbocycles. The van der Waals surface area contributed by atoms with Crippen LogP contribution in [0.4, 0.5) is 5.69 Å². The molecule has 2 aliphatic rings. The number of hydrogen-bond acceptors (Lipinski definition) is 7. The van der Waals surface area contributed by atoms with Crippen LogP contribution in [0.3, 0.4) is 0 Å². The molecule has 0 aromatic heterocycles. The average molecular weight is 514 g/mol. The molecule has 0 spiro atoms. The van der Waals surface area contributed by atoms with Gasteiger partial charge in [-0.15, -0.1) is 11.0 Å². The molecule has 2 aliphatic carbocycles. The summed E-state index contributed by atoms with van der Waals surface area (Å²) in [7, 11) is 0. The van der Waals surface area contributed by atoms with E-state index in [0.29, 0.717) is 0 Å². The van der Waals surface area contributed by atoms with Crippen LogP contribution in [0.2, 0.25) is 0 Å². The Hall–Kier alpha value is -3.68. The number of hydrogen-bond donors (Lipinski definition) is 3. The van der Waals surface area contributed by atoms with Crippen molar-refractivity contribution in [3.05, 3.63) is 101 Å². The molecular formula is C31H35N3O4. The summed E-state index contributed by atoms with van der Waals surface area (Å²) < 4.78 is 0. The zero-order valence-electron chi connectivity index (χ0n) is 21.5. The van der Waals surface area contributed by atoms with Gasteiger partial charge in [-0.1, -0.05) is 66.7 Å². The number of benzene rings is 3. The lowest BCUT2D eigenvalue weighted by molar-refractivity contribution is -0.156. The minimum Gasteiger partial charge on any atom is -0.372 e. The molecule has 0 saturated carbocycles.